The van der Waals surface area contributed by atoms with E-state index < -0.39 is 0 Å². The van der Waals surface area contributed by atoms with E-state index in [1.54, 1.807) is 0 Å². The SMILES string of the molecule is CCCCC(CCC)NC(NC(CCC)CCCC)=[N+](C)CC. The molecular formula is C20H44N3+. The number of unbranched alkanes of at least 4 members (excludes halogenated alkanes) is 2. The largest absolute Gasteiger partial charge is 0.345 e. The highest BCUT2D eigenvalue weighted by Crippen LogP contribution is 2.09. The van der Waals surface area contributed by atoms with E-state index in [-0.39, 0.29) is 0 Å². The Morgan fingerprint density at radius 2 is 1.13 bits per heavy atom. The molecule has 0 aliphatic heterocycles. The summed E-state index contributed by atoms with van der Waals surface area (Å²) in [5, 5.41) is 7.67. The predicted molar refractivity (Wildman–Crippen MR) is 104 cm³/mol. The zero-order chi connectivity index (χ0) is 17.5. The summed E-state index contributed by atoms with van der Waals surface area (Å²) in [6.45, 7) is 12.4. The van der Waals surface area contributed by atoms with E-state index in [0.29, 0.717) is 12.1 Å². The lowest BCUT2D eigenvalue weighted by molar-refractivity contribution is -0.498. The second-order valence-corrected chi connectivity index (χ2v) is 6.91. The summed E-state index contributed by atoms with van der Waals surface area (Å²) < 4.78 is 2.34. The van der Waals surface area contributed by atoms with Gasteiger partial charge in [-0.05, 0) is 32.6 Å². The topological polar surface area (TPSA) is 27.1 Å². The number of hydrogen-bond acceptors (Lipinski definition) is 0. The van der Waals surface area contributed by atoms with Gasteiger partial charge in [-0.1, -0.05) is 66.2 Å². The first-order valence-electron chi connectivity index (χ1n) is 10.2. The Kier molecular flexibility index (Phi) is 14.4. The van der Waals surface area contributed by atoms with Crippen LogP contribution in [0.3, 0.4) is 0 Å². The number of hydrogen-bond donors (Lipinski definition) is 2. The zero-order valence-corrected chi connectivity index (χ0v) is 16.9. The van der Waals surface area contributed by atoms with Crippen LogP contribution in [0, 0.1) is 0 Å². The minimum atomic E-state index is 0.602. The van der Waals surface area contributed by atoms with Gasteiger partial charge in [-0.3, -0.25) is 15.2 Å². The molecule has 0 spiro atoms. The van der Waals surface area contributed by atoms with Crippen molar-refractivity contribution in [2.45, 2.75) is 111 Å². The van der Waals surface area contributed by atoms with Gasteiger partial charge in [0, 0.05) is 0 Å². The molecule has 2 N–H and O–H groups in total. The van der Waals surface area contributed by atoms with Crippen molar-refractivity contribution in [1.29, 1.82) is 0 Å². The molecule has 0 amide bonds. The molecule has 0 aromatic carbocycles. The highest BCUT2D eigenvalue weighted by molar-refractivity contribution is 5.75. The second-order valence-electron chi connectivity index (χ2n) is 6.91. The highest BCUT2D eigenvalue weighted by atomic mass is 15.2. The van der Waals surface area contributed by atoms with Crippen LogP contribution in [-0.4, -0.2) is 36.2 Å². The molecule has 138 valence electrons. The van der Waals surface area contributed by atoms with Crippen LogP contribution in [0.1, 0.15) is 98.8 Å². The Bertz CT molecular complexity index is 277. The van der Waals surface area contributed by atoms with E-state index in [0.717, 1.165) is 6.54 Å². The van der Waals surface area contributed by atoms with Gasteiger partial charge < -0.3 is 0 Å². The maximum atomic E-state index is 3.84. The summed E-state index contributed by atoms with van der Waals surface area (Å²) in [5.41, 5.74) is 0. The molecule has 3 nitrogen and oxygen atoms in total. The third-order valence-electron chi connectivity index (χ3n) is 4.62. The van der Waals surface area contributed by atoms with E-state index in [1.165, 1.54) is 70.2 Å². The van der Waals surface area contributed by atoms with Crippen molar-refractivity contribution in [2.24, 2.45) is 0 Å². The van der Waals surface area contributed by atoms with Crippen molar-refractivity contribution in [3.05, 3.63) is 0 Å². The smallest absolute Gasteiger partial charge is 0.275 e. The van der Waals surface area contributed by atoms with Crippen LogP contribution in [-0.2, 0) is 0 Å². The fourth-order valence-electron chi connectivity index (χ4n) is 2.98. The van der Waals surface area contributed by atoms with Gasteiger partial charge in [0.15, 0.2) is 0 Å². The van der Waals surface area contributed by atoms with E-state index >= 15 is 0 Å². The van der Waals surface area contributed by atoms with Crippen LogP contribution in [0.5, 0.6) is 0 Å². The monoisotopic (exact) mass is 326 g/mol. The molecule has 0 fully saturated rings. The first kappa shape index (κ1) is 22.3. The Hall–Kier alpha value is -0.730. The molecule has 0 rings (SSSR count). The summed E-state index contributed by atoms with van der Waals surface area (Å²) in [4.78, 5) is 0. The van der Waals surface area contributed by atoms with Crippen molar-refractivity contribution >= 4 is 5.96 Å². The first-order chi connectivity index (χ1) is 11.1. The summed E-state index contributed by atoms with van der Waals surface area (Å²) >= 11 is 0. The average Bonchev–Trinajstić information content (AvgIpc) is 2.56. The maximum Gasteiger partial charge on any atom is 0.345 e. The average molecular weight is 327 g/mol. The second kappa shape index (κ2) is 14.8. The van der Waals surface area contributed by atoms with Gasteiger partial charge in [-0.25, -0.2) is 0 Å². The molecule has 0 saturated heterocycles. The minimum absolute atomic E-state index is 0.602. The quantitative estimate of drug-likeness (QED) is 0.286. The lowest BCUT2D eigenvalue weighted by atomic mass is 10.0. The lowest BCUT2D eigenvalue weighted by Gasteiger charge is -2.22. The third-order valence-corrected chi connectivity index (χ3v) is 4.62. The molecule has 0 bridgehead atoms. The Morgan fingerprint density at radius 1 is 0.696 bits per heavy atom. The van der Waals surface area contributed by atoms with E-state index in [2.05, 4.69) is 56.9 Å². The van der Waals surface area contributed by atoms with Gasteiger partial charge in [0.2, 0.25) is 0 Å². The fourth-order valence-corrected chi connectivity index (χ4v) is 2.98. The number of guanidine groups is 1. The molecule has 23 heavy (non-hydrogen) atoms. The number of rotatable bonds is 13. The Labute approximate surface area is 146 Å². The molecule has 0 aliphatic rings. The number of nitrogens with zero attached hydrogens (tertiary/aromatic N) is 1. The standard InChI is InChI=1S/C20H43N3/c1-7-12-16-18(14-9-3)21-20(23(6)11-5)22-19(15-10-4)17-13-8-2/h18-19H,7-17H2,1-6H3,(H,21,22)/p+1. The molecule has 2 atom stereocenters. The first-order valence-corrected chi connectivity index (χ1v) is 10.2. The van der Waals surface area contributed by atoms with Crippen LogP contribution in [0.2, 0.25) is 0 Å². The summed E-state index contributed by atoms with van der Waals surface area (Å²) in [7, 11) is 2.20. The molecular weight excluding hydrogens is 282 g/mol. The van der Waals surface area contributed by atoms with E-state index in [1.807, 2.05) is 0 Å². The van der Waals surface area contributed by atoms with Crippen molar-refractivity contribution in [1.82, 2.24) is 10.6 Å². The van der Waals surface area contributed by atoms with Gasteiger partial charge >= 0.3 is 5.96 Å². The van der Waals surface area contributed by atoms with E-state index in [9.17, 15) is 0 Å². The van der Waals surface area contributed by atoms with Crippen LogP contribution in [0.25, 0.3) is 0 Å². The summed E-state index contributed by atoms with van der Waals surface area (Å²) in [6, 6.07) is 1.20. The highest BCUT2D eigenvalue weighted by Gasteiger charge is 2.20. The molecule has 3 heteroatoms. The van der Waals surface area contributed by atoms with Crippen molar-refractivity contribution in [3.63, 3.8) is 0 Å². The molecule has 0 heterocycles. The van der Waals surface area contributed by atoms with Gasteiger partial charge in [0.1, 0.15) is 0 Å². The van der Waals surface area contributed by atoms with Crippen LogP contribution >= 0.6 is 0 Å². The van der Waals surface area contributed by atoms with Crippen molar-refractivity contribution in [3.8, 4) is 0 Å². The van der Waals surface area contributed by atoms with Crippen molar-refractivity contribution in [2.75, 3.05) is 13.6 Å². The summed E-state index contributed by atoms with van der Waals surface area (Å²) in [6.07, 6.45) is 12.8. The molecule has 0 aromatic heterocycles. The predicted octanol–water partition coefficient (Wildman–Crippen LogP) is 4.90. The molecule has 0 saturated carbocycles. The molecule has 0 radical (unpaired) electrons. The third kappa shape index (κ3) is 10.6. The van der Waals surface area contributed by atoms with Gasteiger partial charge in [0.25, 0.3) is 0 Å². The van der Waals surface area contributed by atoms with Crippen molar-refractivity contribution < 1.29 is 4.58 Å². The molecule has 0 aromatic rings. The normalized spacial score (nSPS) is 13.5. The number of nitrogens with one attached hydrogen (secondary N) is 2. The lowest BCUT2D eigenvalue weighted by Crippen LogP contribution is -2.51. The van der Waals surface area contributed by atoms with Gasteiger partial charge in [-0.2, -0.15) is 0 Å². The Morgan fingerprint density at radius 3 is 1.43 bits per heavy atom. The van der Waals surface area contributed by atoms with E-state index in [4.69, 9.17) is 0 Å². The Balaban J connectivity index is 4.89. The molecule has 2 unspecified atom stereocenters. The van der Waals surface area contributed by atoms with Crippen LogP contribution in [0.15, 0.2) is 0 Å². The summed E-state index contributed by atoms with van der Waals surface area (Å²) in [5.74, 6) is 1.25. The van der Waals surface area contributed by atoms with Crippen LogP contribution < -0.4 is 10.6 Å². The minimum Gasteiger partial charge on any atom is -0.275 e. The fraction of sp³-hybridized carbons (Fsp3) is 0.950. The van der Waals surface area contributed by atoms with Gasteiger partial charge in [-0.15, -0.1) is 0 Å². The maximum absolute atomic E-state index is 3.84. The van der Waals surface area contributed by atoms with Crippen LogP contribution in [0.4, 0.5) is 0 Å². The van der Waals surface area contributed by atoms with Gasteiger partial charge in [0.05, 0.1) is 25.7 Å². The molecule has 0 aliphatic carbocycles. The zero-order valence-electron chi connectivity index (χ0n) is 16.9.